The molecule has 0 spiro atoms. The molecule has 0 amide bonds. The van der Waals surface area contributed by atoms with E-state index in [2.05, 4.69) is 15.9 Å². The van der Waals surface area contributed by atoms with Crippen LogP contribution in [-0.4, -0.2) is 16.1 Å². The van der Waals surface area contributed by atoms with Crippen molar-refractivity contribution in [1.82, 2.24) is 0 Å². The predicted octanol–water partition coefficient (Wildman–Crippen LogP) is 2.77. The Morgan fingerprint density at radius 2 is 2.19 bits per heavy atom. The Morgan fingerprint density at radius 3 is 2.62 bits per heavy atom. The van der Waals surface area contributed by atoms with Crippen LogP contribution in [0.1, 0.15) is 25.3 Å². The molecule has 1 aromatic carbocycles. The van der Waals surface area contributed by atoms with E-state index >= 15 is 0 Å². The molecule has 4 nitrogen and oxygen atoms in total. The lowest BCUT2D eigenvalue weighted by Gasteiger charge is -2.18. The van der Waals surface area contributed by atoms with Crippen LogP contribution in [0.3, 0.4) is 0 Å². The first-order valence-corrected chi connectivity index (χ1v) is 5.89. The molecule has 1 atom stereocenters. The zero-order valence-corrected chi connectivity index (χ0v) is 10.4. The van der Waals surface area contributed by atoms with Crippen molar-refractivity contribution < 1.29 is 10.0 Å². The van der Waals surface area contributed by atoms with Gasteiger partial charge in [0.1, 0.15) is 0 Å². The van der Waals surface area contributed by atoms with Crippen LogP contribution in [0.5, 0.6) is 0 Å². The van der Waals surface area contributed by atoms with Crippen LogP contribution in [0.2, 0.25) is 0 Å². The van der Waals surface area contributed by atoms with Gasteiger partial charge in [0.2, 0.25) is 0 Å². The van der Waals surface area contributed by atoms with Crippen LogP contribution in [0.25, 0.3) is 0 Å². The van der Waals surface area contributed by atoms with Crippen molar-refractivity contribution in [3.8, 4) is 0 Å². The maximum absolute atomic E-state index is 11.0. The summed E-state index contributed by atoms with van der Waals surface area (Å²) >= 11 is 3.22. The molecule has 1 fully saturated rings. The molecule has 1 aliphatic rings. The van der Waals surface area contributed by atoms with E-state index in [9.17, 15) is 15.2 Å². The van der Waals surface area contributed by atoms with Gasteiger partial charge in [-0.05, 0) is 25.8 Å². The second kappa shape index (κ2) is 3.82. The van der Waals surface area contributed by atoms with Crippen molar-refractivity contribution in [2.45, 2.75) is 31.3 Å². The molecule has 0 bridgehead atoms. The minimum atomic E-state index is -0.549. The number of halogens is 1. The lowest BCUT2D eigenvalue weighted by molar-refractivity contribution is -0.386. The Morgan fingerprint density at radius 1 is 1.56 bits per heavy atom. The fourth-order valence-corrected chi connectivity index (χ4v) is 2.47. The molecular formula is C11H12BrNO3. The smallest absolute Gasteiger partial charge is 0.274 e. The van der Waals surface area contributed by atoms with Crippen LogP contribution in [0.4, 0.5) is 5.69 Å². The van der Waals surface area contributed by atoms with Gasteiger partial charge >= 0.3 is 0 Å². The highest BCUT2D eigenvalue weighted by atomic mass is 79.9. The van der Waals surface area contributed by atoms with Crippen molar-refractivity contribution in [3.63, 3.8) is 0 Å². The number of aliphatic hydroxyl groups is 1. The standard InChI is InChI=1S/C11H12BrNO3/c1-7(14)11(4-5-11)9-3-2-8(12)6-10(9)13(15)16/h2-3,6-7,14H,4-5H2,1H3. The number of hydrogen-bond acceptors (Lipinski definition) is 3. The minimum absolute atomic E-state index is 0.0905. The Hall–Kier alpha value is -0.940. The third-order valence-corrected chi connectivity index (χ3v) is 3.77. The second-order valence-corrected chi connectivity index (χ2v) is 5.17. The molecule has 16 heavy (non-hydrogen) atoms. The molecule has 1 unspecified atom stereocenters. The van der Waals surface area contributed by atoms with Crippen LogP contribution >= 0.6 is 15.9 Å². The molecule has 0 aromatic heterocycles. The molecule has 2 rings (SSSR count). The van der Waals surface area contributed by atoms with Gasteiger partial charge in [-0.25, -0.2) is 0 Å². The molecule has 1 aliphatic carbocycles. The molecule has 1 aromatic rings. The van der Waals surface area contributed by atoms with E-state index in [0.29, 0.717) is 10.0 Å². The van der Waals surface area contributed by atoms with Crippen LogP contribution < -0.4 is 0 Å². The van der Waals surface area contributed by atoms with Gasteiger partial charge in [0.25, 0.3) is 5.69 Å². The van der Waals surface area contributed by atoms with E-state index in [1.54, 1.807) is 19.1 Å². The van der Waals surface area contributed by atoms with Gasteiger partial charge in [0, 0.05) is 21.5 Å². The quantitative estimate of drug-likeness (QED) is 0.686. The molecule has 86 valence electrons. The molecule has 1 N–H and O–H groups in total. The predicted molar refractivity (Wildman–Crippen MR) is 63.4 cm³/mol. The first-order chi connectivity index (χ1) is 7.47. The molecular weight excluding hydrogens is 274 g/mol. The number of aliphatic hydroxyl groups excluding tert-OH is 1. The molecule has 0 radical (unpaired) electrons. The molecule has 1 saturated carbocycles. The average molecular weight is 286 g/mol. The van der Waals surface area contributed by atoms with Crippen LogP contribution in [0.15, 0.2) is 22.7 Å². The van der Waals surface area contributed by atoms with Crippen LogP contribution in [0, 0.1) is 10.1 Å². The normalized spacial score (nSPS) is 19.2. The summed E-state index contributed by atoms with van der Waals surface area (Å²) in [6.45, 7) is 1.69. The van der Waals surface area contributed by atoms with E-state index in [-0.39, 0.29) is 10.6 Å². The van der Waals surface area contributed by atoms with Gasteiger partial charge in [-0.1, -0.05) is 22.0 Å². The summed E-state index contributed by atoms with van der Waals surface area (Å²) in [6, 6.07) is 5.02. The largest absolute Gasteiger partial charge is 0.392 e. The monoisotopic (exact) mass is 285 g/mol. The average Bonchev–Trinajstić information content (AvgIpc) is 2.98. The molecule has 0 saturated heterocycles. The molecule has 5 heteroatoms. The van der Waals surface area contributed by atoms with Crippen molar-refractivity contribution in [2.24, 2.45) is 0 Å². The lowest BCUT2D eigenvalue weighted by Crippen LogP contribution is -2.23. The maximum atomic E-state index is 11.0. The summed E-state index contributed by atoms with van der Waals surface area (Å²) in [5, 5.41) is 20.7. The van der Waals surface area contributed by atoms with E-state index in [1.807, 2.05) is 0 Å². The van der Waals surface area contributed by atoms with E-state index in [4.69, 9.17) is 0 Å². The third kappa shape index (κ3) is 1.74. The van der Waals surface area contributed by atoms with Gasteiger partial charge in [-0.2, -0.15) is 0 Å². The van der Waals surface area contributed by atoms with Crippen LogP contribution in [-0.2, 0) is 5.41 Å². The number of nitro benzene ring substituents is 1. The number of rotatable bonds is 3. The van der Waals surface area contributed by atoms with Crippen molar-refractivity contribution in [2.75, 3.05) is 0 Å². The summed E-state index contributed by atoms with van der Waals surface area (Å²) in [4.78, 5) is 10.6. The van der Waals surface area contributed by atoms with E-state index < -0.39 is 11.5 Å². The Balaban J connectivity index is 2.53. The summed E-state index contributed by atoms with van der Waals surface area (Å²) in [6.07, 6.45) is 1.08. The van der Waals surface area contributed by atoms with Crippen molar-refractivity contribution >= 4 is 21.6 Å². The highest BCUT2D eigenvalue weighted by molar-refractivity contribution is 9.10. The zero-order valence-electron chi connectivity index (χ0n) is 8.81. The first kappa shape index (κ1) is 11.5. The van der Waals surface area contributed by atoms with E-state index in [0.717, 1.165) is 12.8 Å². The summed E-state index contributed by atoms with van der Waals surface area (Å²) < 4.78 is 0.685. The summed E-state index contributed by atoms with van der Waals surface area (Å²) in [7, 11) is 0. The van der Waals surface area contributed by atoms with Gasteiger partial charge in [0.15, 0.2) is 0 Å². The Bertz CT molecular complexity index is 441. The van der Waals surface area contributed by atoms with Gasteiger partial charge in [-0.15, -0.1) is 0 Å². The second-order valence-electron chi connectivity index (χ2n) is 4.25. The number of hydrogen-bond donors (Lipinski definition) is 1. The van der Waals surface area contributed by atoms with Crippen molar-refractivity contribution in [1.29, 1.82) is 0 Å². The lowest BCUT2D eigenvalue weighted by atomic mass is 9.89. The fourth-order valence-electron chi connectivity index (χ4n) is 2.12. The number of benzene rings is 1. The Labute approximate surface area is 102 Å². The number of nitrogens with zero attached hydrogens (tertiary/aromatic N) is 1. The topological polar surface area (TPSA) is 63.4 Å². The molecule has 0 aliphatic heterocycles. The van der Waals surface area contributed by atoms with Gasteiger partial charge < -0.3 is 5.11 Å². The Kier molecular flexibility index (Phi) is 2.75. The maximum Gasteiger partial charge on any atom is 0.274 e. The van der Waals surface area contributed by atoms with Crippen molar-refractivity contribution in [3.05, 3.63) is 38.3 Å². The van der Waals surface area contributed by atoms with Gasteiger partial charge in [-0.3, -0.25) is 10.1 Å². The minimum Gasteiger partial charge on any atom is -0.392 e. The first-order valence-electron chi connectivity index (χ1n) is 5.10. The fraction of sp³-hybridized carbons (Fsp3) is 0.455. The summed E-state index contributed by atoms with van der Waals surface area (Å²) in [5.74, 6) is 0. The zero-order chi connectivity index (χ0) is 11.9. The highest BCUT2D eigenvalue weighted by Crippen LogP contribution is 2.53. The molecule has 0 heterocycles. The van der Waals surface area contributed by atoms with Gasteiger partial charge in [0.05, 0.1) is 11.0 Å². The van der Waals surface area contributed by atoms with E-state index in [1.165, 1.54) is 6.07 Å². The summed E-state index contributed by atoms with van der Waals surface area (Å²) in [5.41, 5.74) is 0.340. The SMILES string of the molecule is CC(O)C1(c2ccc(Br)cc2[N+](=O)[O-])CC1. The highest BCUT2D eigenvalue weighted by Gasteiger charge is 2.51. The number of nitro groups is 1. The third-order valence-electron chi connectivity index (χ3n) is 3.28.